The van der Waals surface area contributed by atoms with Crippen molar-refractivity contribution in [1.29, 1.82) is 0 Å². The number of benzene rings is 3. The zero-order valence-electron chi connectivity index (χ0n) is 22.0. The Morgan fingerprint density at radius 1 is 1.18 bits per heavy atom. The Morgan fingerprint density at radius 3 is 2.70 bits per heavy atom. The first-order valence-corrected chi connectivity index (χ1v) is 12.7. The van der Waals surface area contributed by atoms with Crippen molar-refractivity contribution in [3.8, 4) is 23.1 Å². The fourth-order valence-electron chi connectivity index (χ4n) is 4.30. The van der Waals surface area contributed by atoms with E-state index in [2.05, 4.69) is 11.7 Å². The Labute approximate surface area is 229 Å². The third-order valence-corrected chi connectivity index (χ3v) is 6.18. The van der Waals surface area contributed by atoms with E-state index in [1.165, 1.54) is 17.8 Å². The van der Waals surface area contributed by atoms with E-state index in [0.29, 0.717) is 57.9 Å². The summed E-state index contributed by atoms with van der Waals surface area (Å²) in [5, 5.41) is 15.2. The Morgan fingerprint density at radius 2 is 1.95 bits per heavy atom. The molecule has 1 N–H and O–H groups in total. The number of carboxylic acid groups (broad SMARTS) is 1. The van der Waals surface area contributed by atoms with E-state index >= 15 is 0 Å². The lowest BCUT2D eigenvalue weighted by molar-refractivity contribution is -0.144. The highest BCUT2D eigenvalue weighted by atomic mass is 16.5. The van der Waals surface area contributed by atoms with E-state index in [9.17, 15) is 14.7 Å². The van der Waals surface area contributed by atoms with Crippen molar-refractivity contribution in [3.63, 3.8) is 0 Å². The molecule has 0 radical (unpaired) electrons. The second-order valence-corrected chi connectivity index (χ2v) is 8.99. The summed E-state index contributed by atoms with van der Waals surface area (Å²) >= 11 is 0. The number of rotatable bonds is 10. The molecule has 0 saturated carbocycles. The lowest BCUT2D eigenvalue weighted by atomic mass is 10.1. The van der Waals surface area contributed by atoms with Crippen molar-refractivity contribution in [1.82, 2.24) is 9.66 Å². The van der Waals surface area contributed by atoms with Crippen LogP contribution in [0.15, 0.2) is 93.7 Å². The van der Waals surface area contributed by atoms with Gasteiger partial charge >= 0.3 is 5.97 Å². The van der Waals surface area contributed by atoms with E-state index in [1.807, 2.05) is 43.3 Å². The van der Waals surface area contributed by atoms with Gasteiger partial charge in [0.1, 0.15) is 5.58 Å². The molecule has 0 unspecified atom stereocenters. The Balaban J connectivity index is 1.65. The maximum Gasteiger partial charge on any atom is 0.344 e. The lowest BCUT2D eigenvalue weighted by Gasteiger charge is -2.18. The van der Waals surface area contributed by atoms with Crippen LogP contribution in [-0.4, -0.2) is 39.7 Å². The van der Waals surface area contributed by atoms with Crippen molar-refractivity contribution < 1.29 is 23.8 Å². The highest BCUT2D eigenvalue weighted by Gasteiger charge is 2.20. The van der Waals surface area contributed by atoms with Crippen LogP contribution >= 0.6 is 0 Å². The summed E-state index contributed by atoms with van der Waals surface area (Å²) in [5.74, 6) is 0.232. The number of aliphatic carboxylic acids is 1. The van der Waals surface area contributed by atoms with E-state index < -0.39 is 12.1 Å². The number of hydrogen-bond donors (Lipinski definition) is 1. The highest BCUT2D eigenvalue weighted by molar-refractivity contribution is 5.85. The molecule has 1 atom stereocenters. The number of furan rings is 1. The van der Waals surface area contributed by atoms with Gasteiger partial charge in [-0.1, -0.05) is 36.4 Å². The number of carboxylic acids is 1. The van der Waals surface area contributed by atoms with E-state index in [-0.39, 0.29) is 11.4 Å². The third kappa shape index (κ3) is 5.22. The summed E-state index contributed by atoms with van der Waals surface area (Å²) in [6, 6.07) is 19.9. The van der Waals surface area contributed by atoms with Crippen LogP contribution < -0.4 is 15.0 Å². The number of aromatic nitrogens is 2. The topological polar surface area (TPSA) is 116 Å². The quantitative estimate of drug-likeness (QED) is 0.180. The van der Waals surface area contributed by atoms with Gasteiger partial charge in [0, 0.05) is 10.9 Å². The molecule has 0 spiro atoms. The van der Waals surface area contributed by atoms with Crippen molar-refractivity contribution in [3.05, 3.63) is 101 Å². The standard InChI is InChI=1S/C31H27N3O6/c1-4-10-22-15-20(16-26(38-5-2)28(22)39-19(3)31(36)37)18-32-34-29(27-17-21-11-6-9-14-25(21)40-27)33-24-13-8-7-12-23(24)30(34)35/h4,6-9,11-19H,1,5,10H2,2-3H3,(H,36,37)/t19-/m1/s1. The van der Waals surface area contributed by atoms with Crippen molar-refractivity contribution >= 4 is 34.1 Å². The molecule has 9 heteroatoms. The number of carbonyl (C=O) groups is 1. The van der Waals surface area contributed by atoms with Gasteiger partial charge in [0.25, 0.3) is 5.56 Å². The van der Waals surface area contributed by atoms with E-state index in [0.717, 1.165) is 5.39 Å². The smallest absolute Gasteiger partial charge is 0.344 e. The Kier molecular flexibility index (Phi) is 7.46. The minimum absolute atomic E-state index is 0.253. The second-order valence-electron chi connectivity index (χ2n) is 8.99. The number of para-hydroxylation sites is 2. The van der Waals surface area contributed by atoms with Crippen LogP contribution in [0.4, 0.5) is 0 Å². The van der Waals surface area contributed by atoms with Crippen molar-refractivity contribution in [2.24, 2.45) is 5.10 Å². The van der Waals surface area contributed by atoms with Gasteiger partial charge in [0.15, 0.2) is 23.4 Å². The monoisotopic (exact) mass is 537 g/mol. The molecule has 2 heterocycles. The lowest BCUT2D eigenvalue weighted by Crippen LogP contribution is -2.24. The van der Waals surface area contributed by atoms with Crippen molar-refractivity contribution in [2.75, 3.05) is 6.61 Å². The molecule has 0 fully saturated rings. The van der Waals surface area contributed by atoms with Crippen LogP contribution in [0, 0.1) is 0 Å². The maximum absolute atomic E-state index is 13.6. The minimum atomic E-state index is -1.10. The molecule has 0 aliphatic rings. The number of nitrogens with zero attached hydrogens (tertiary/aromatic N) is 3. The summed E-state index contributed by atoms with van der Waals surface area (Å²) in [7, 11) is 0. The predicted molar refractivity (Wildman–Crippen MR) is 153 cm³/mol. The first-order valence-electron chi connectivity index (χ1n) is 12.7. The zero-order chi connectivity index (χ0) is 28.2. The molecule has 0 amide bonds. The molecular weight excluding hydrogens is 510 g/mol. The summed E-state index contributed by atoms with van der Waals surface area (Å²) in [5.41, 5.74) is 2.10. The van der Waals surface area contributed by atoms with Gasteiger partial charge in [-0.25, -0.2) is 9.78 Å². The van der Waals surface area contributed by atoms with Gasteiger partial charge in [0.2, 0.25) is 5.82 Å². The predicted octanol–water partition coefficient (Wildman–Crippen LogP) is 5.67. The second kappa shape index (κ2) is 11.3. The molecule has 0 bridgehead atoms. The molecule has 0 aliphatic carbocycles. The molecule has 0 saturated heterocycles. The van der Waals surface area contributed by atoms with Crippen LogP contribution in [0.1, 0.15) is 25.0 Å². The van der Waals surface area contributed by atoms with Crippen LogP contribution in [0.2, 0.25) is 0 Å². The molecule has 5 rings (SSSR count). The molecule has 202 valence electrons. The molecule has 3 aromatic carbocycles. The highest BCUT2D eigenvalue weighted by Crippen LogP contribution is 2.35. The summed E-state index contributed by atoms with van der Waals surface area (Å²) < 4.78 is 18.8. The van der Waals surface area contributed by atoms with Crippen LogP contribution in [0.25, 0.3) is 33.5 Å². The average Bonchev–Trinajstić information content (AvgIpc) is 3.38. The van der Waals surface area contributed by atoms with E-state index in [1.54, 1.807) is 36.4 Å². The van der Waals surface area contributed by atoms with Gasteiger partial charge in [-0.3, -0.25) is 4.79 Å². The van der Waals surface area contributed by atoms with Gasteiger partial charge < -0.3 is 19.0 Å². The fourth-order valence-corrected chi connectivity index (χ4v) is 4.30. The Hall–Kier alpha value is -5.18. The van der Waals surface area contributed by atoms with Gasteiger partial charge in [-0.2, -0.15) is 9.78 Å². The largest absolute Gasteiger partial charge is 0.490 e. The van der Waals surface area contributed by atoms with E-state index in [4.69, 9.17) is 18.9 Å². The molecule has 0 aliphatic heterocycles. The number of ether oxygens (including phenoxy) is 2. The SMILES string of the molecule is C=CCc1cc(C=Nn2c(-c3cc4ccccc4o3)nc3ccccc3c2=O)cc(OCC)c1O[C@H](C)C(=O)O. The first kappa shape index (κ1) is 26.4. The number of fused-ring (bicyclic) bond motifs is 2. The molecule has 5 aromatic rings. The number of allylic oxidation sites excluding steroid dienone is 1. The van der Waals surface area contributed by atoms with Gasteiger partial charge in [-0.05, 0) is 62.2 Å². The summed E-state index contributed by atoms with van der Waals surface area (Å²) in [4.78, 5) is 29.8. The summed E-state index contributed by atoms with van der Waals surface area (Å²) in [6.45, 7) is 7.40. The average molecular weight is 538 g/mol. The number of hydrogen-bond acceptors (Lipinski definition) is 7. The van der Waals surface area contributed by atoms with Crippen LogP contribution in [0.3, 0.4) is 0 Å². The maximum atomic E-state index is 13.6. The van der Waals surface area contributed by atoms with Crippen LogP contribution in [-0.2, 0) is 11.2 Å². The molecule has 40 heavy (non-hydrogen) atoms. The normalized spacial score (nSPS) is 12.2. The van der Waals surface area contributed by atoms with Crippen LogP contribution in [0.5, 0.6) is 11.5 Å². The third-order valence-electron chi connectivity index (χ3n) is 6.18. The van der Waals surface area contributed by atoms with Gasteiger partial charge in [-0.15, -0.1) is 6.58 Å². The fraction of sp³-hybridized carbons (Fsp3) is 0.161. The summed E-state index contributed by atoms with van der Waals surface area (Å²) in [6.07, 6.45) is 2.51. The first-order chi connectivity index (χ1) is 19.4. The zero-order valence-corrected chi connectivity index (χ0v) is 22.0. The molecule has 2 aromatic heterocycles. The van der Waals surface area contributed by atoms with Crippen molar-refractivity contribution in [2.45, 2.75) is 26.4 Å². The molecular formula is C31H27N3O6. The Bertz CT molecular complexity index is 1780. The molecule has 9 nitrogen and oxygen atoms in total. The minimum Gasteiger partial charge on any atom is -0.490 e. The van der Waals surface area contributed by atoms with Gasteiger partial charge in [0.05, 0.1) is 23.7 Å².